The van der Waals surface area contributed by atoms with Crippen LogP contribution in [-0.2, 0) is 6.42 Å². The van der Waals surface area contributed by atoms with Gasteiger partial charge in [0, 0.05) is 35.2 Å². The molecule has 2 heterocycles. The second-order valence-electron chi connectivity index (χ2n) is 4.29. The molecule has 0 fully saturated rings. The standard InChI is InChI=1S/C14H17BrN4/c1-2-6-16-13(14-17-7-3-8-18-14)9-12-5-4-11(15)10-19-12/h3-5,7-8,10,13,16H,2,6,9H2,1H3. The predicted molar refractivity (Wildman–Crippen MR) is 78.7 cm³/mol. The molecule has 19 heavy (non-hydrogen) atoms. The second-order valence-corrected chi connectivity index (χ2v) is 5.20. The van der Waals surface area contributed by atoms with Crippen LogP contribution in [0.3, 0.4) is 0 Å². The van der Waals surface area contributed by atoms with Crippen LogP contribution in [0.5, 0.6) is 0 Å². The monoisotopic (exact) mass is 320 g/mol. The molecule has 0 aliphatic rings. The molecule has 0 saturated heterocycles. The molecule has 100 valence electrons. The van der Waals surface area contributed by atoms with E-state index in [4.69, 9.17) is 0 Å². The molecule has 0 aliphatic heterocycles. The largest absolute Gasteiger partial charge is 0.307 e. The summed E-state index contributed by atoms with van der Waals surface area (Å²) < 4.78 is 0.991. The van der Waals surface area contributed by atoms with Crippen LogP contribution in [0.15, 0.2) is 41.3 Å². The number of aromatic nitrogens is 3. The molecule has 0 saturated carbocycles. The third-order valence-corrected chi connectivity index (χ3v) is 3.21. The molecule has 2 aromatic heterocycles. The summed E-state index contributed by atoms with van der Waals surface area (Å²) in [6, 6.07) is 5.96. The van der Waals surface area contributed by atoms with Crippen LogP contribution in [0.2, 0.25) is 0 Å². The van der Waals surface area contributed by atoms with Crippen LogP contribution in [0.4, 0.5) is 0 Å². The highest BCUT2D eigenvalue weighted by molar-refractivity contribution is 9.10. The Morgan fingerprint density at radius 3 is 2.63 bits per heavy atom. The molecule has 0 bridgehead atoms. The van der Waals surface area contributed by atoms with E-state index in [1.807, 2.05) is 24.4 Å². The Kier molecular flexibility index (Phi) is 5.42. The smallest absolute Gasteiger partial charge is 0.145 e. The van der Waals surface area contributed by atoms with E-state index in [1.165, 1.54) is 0 Å². The van der Waals surface area contributed by atoms with E-state index in [-0.39, 0.29) is 6.04 Å². The Balaban J connectivity index is 2.11. The highest BCUT2D eigenvalue weighted by atomic mass is 79.9. The number of rotatable bonds is 6. The lowest BCUT2D eigenvalue weighted by atomic mass is 10.1. The van der Waals surface area contributed by atoms with E-state index in [9.17, 15) is 0 Å². The Labute approximate surface area is 121 Å². The van der Waals surface area contributed by atoms with Gasteiger partial charge in [-0.15, -0.1) is 0 Å². The van der Waals surface area contributed by atoms with Crippen molar-refractivity contribution in [1.29, 1.82) is 0 Å². The van der Waals surface area contributed by atoms with E-state index in [1.54, 1.807) is 12.4 Å². The number of nitrogens with zero attached hydrogens (tertiary/aromatic N) is 3. The van der Waals surface area contributed by atoms with E-state index in [2.05, 4.69) is 43.1 Å². The minimum atomic E-state index is 0.106. The van der Waals surface area contributed by atoms with Gasteiger partial charge >= 0.3 is 0 Å². The highest BCUT2D eigenvalue weighted by Gasteiger charge is 2.14. The molecule has 2 aromatic rings. The van der Waals surface area contributed by atoms with E-state index in [0.717, 1.165) is 35.4 Å². The minimum Gasteiger partial charge on any atom is -0.307 e. The fourth-order valence-electron chi connectivity index (χ4n) is 1.80. The molecular weight excluding hydrogens is 304 g/mol. The van der Waals surface area contributed by atoms with Gasteiger partial charge in [0.05, 0.1) is 6.04 Å². The average molecular weight is 321 g/mol. The van der Waals surface area contributed by atoms with Crippen LogP contribution in [0, 0.1) is 0 Å². The van der Waals surface area contributed by atoms with Crippen molar-refractivity contribution < 1.29 is 0 Å². The number of hydrogen-bond acceptors (Lipinski definition) is 4. The van der Waals surface area contributed by atoms with Crippen molar-refractivity contribution in [2.45, 2.75) is 25.8 Å². The maximum absolute atomic E-state index is 4.41. The molecule has 5 heteroatoms. The van der Waals surface area contributed by atoms with Crippen LogP contribution in [0.1, 0.15) is 30.9 Å². The molecule has 0 radical (unpaired) electrons. The lowest BCUT2D eigenvalue weighted by Crippen LogP contribution is -2.26. The van der Waals surface area contributed by atoms with Crippen LogP contribution in [0.25, 0.3) is 0 Å². The molecule has 0 aromatic carbocycles. The van der Waals surface area contributed by atoms with Gasteiger partial charge in [-0.2, -0.15) is 0 Å². The highest BCUT2D eigenvalue weighted by Crippen LogP contribution is 2.15. The molecule has 1 unspecified atom stereocenters. The number of halogens is 1. The summed E-state index contributed by atoms with van der Waals surface area (Å²) in [7, 11) is 0. The molecule has 2 rings (SSSR count). The minimum absolute atomic E-state index is 0.106. The van der Waals surface area contributed by atoms with Crippen LogP contribution in [-0.4, -0.2) is 21.5 Å². The summed E-state index contributed by atoms with van der Waals surface area (Å²) in [5.74, 6) is 0.820. The summed E-state index contributed by atoms with van der Waals surface area (Å²) in [6.45, 7) is 3.09. The fraction of sp³-hybridized carbons (Fsp3) is 0.357. The number of nitrogens with one attached hydrogen (secondary N) is 1. The summed E-state index contributed by atoms with van der Waals surface area (Å²) in [4.78, 5) is 13.1. The Bertz CT molecular complexity index is 487. The first kappa shape index (κ1) is 14.1. The van der Waals surface area contributed by atoms with Crippen molar-refractivity contribution in [3.05, 3.63) is 52.8 Å². The molecule has 1 atom stereocenters. The SMILES string of the molecule is CCCNC(Cc1ccc(Br)cn1)c1ncccn1. The van der Waals surface area contributed by atoms with Gasteiger partial charge in [-0.05, 0) is 47.1 Å². The van der Waals surface area contributed by atoms with Crippen LogP contribution < -0.4 is 5.32 Å². The lowest BCUT2D eigenvalue weighted by molar-refractivity contribution is 0.500. The summed E-state index contributed by atoms with van der Waals surface area (Å²) in [5, 5.41) is 3.47. The van der Waals surface area contributed by atoms with Crippen molar-refractivity contribution in [3.8, 4) is 0 Å². The van der Waals surface area contributed by atoms with Crippen molar-refractivity contribution in [1.82, 2.24) is 20.3 Å². The third-order valence-electron chi connectivity index (χ3n) is 2.74. The van der Waals surface area contributed by atoms with Gasteiger partial charge in [-0.25, -0.2) is 9.97 Å². The fourth-order valence-corrected chi connectivity index (χ4v) is 2.03. The Morgan fingerprint density at radius 2 is 2.00 bits per heavy atom. The first-order valence-electron chi connectivity index (χ1n) is 6.40. The normalized spacial score (nSPS) is 12.3. The predicted octanol–water partition coefficient (Wildman–Crippen LogP) is 2.92. The Morgan fingerprint density at radius 1 is 1.21 bits per heavy atom. The molecule has 4 nitrogen and oxygen atoms in total. The van der Waals surface area contributed by atoms with Crippen molar-refractivity contribution in [2.75, 3.05) is 6.54 Å². The quantitative estimate of drug-likeness (QED) is 0.889. The van der Waals surface area contributed by atoms with Gasteiger partial charge in [0.2, 0.25) is 0 Å². The number of pyridine rings is 1. The second kappa shape index (κ2) is 7.31. The van der Waals surface area contributed by atoms with Crippen molar-refractivity contribution in [2.24, 2.45) is 0 Å². The third kappa shape index (κ3) is 4.36. The summed E-state index contributed by atoms with van der Waals surface area (Å²) >= 11 is 3.40. The van der Waals surface area contributed by atoms with Gasteiger partial charge in [0.25, 0.3) is 0 Å². The Hall–Kier alpha value is -1.33. The van der Waals surface area contributed by atoms with Crippen molar-refractivity contribution >= 4 is 15.9 Å². The zero-order valence-electron chi connectivity index (χ0n) is 10.9. The van der Waals surface area contributed by atoms with Gasteiger partial charge in [-0.3, -0.25) is 4.98 Å². The first-order chi connectivity index (χ1) is 9.29. The molecular formula is C14H17BrN4. The van der Waals surface area contributed by atoms with E-state index < -0.39 is 0 Å². The zero-order chi connectivity index (χ0) is 13.5. The van der Waals surface area contributed by atoms with Gasteiger partial charge in [0.1, 0.15) is 5.82 Å². The molecule has 1 N–H and O–H groups in total. The first-order valence-corrected chi connectivity index (χ1v) is 7.19. The van der Waals surface area contributed by atoms with E-state index >= 15 is 0 Å². The van der Waals surface area contributed by atoms with Crippen LogP contribution >= 0.6 is 15.9 Å². The summed E-state index contributed by atoms with van der Waals surface area (Å²) in [6.07, 6.45) is 7.24. The topological polar surface area (TPSA) is 50.7 Å². The number of hydrogen-bond donors (Lipinski definition) is 1. The lowest BCUT2D eigenvalue weighted by Gasteiger charge is -2.16. The average Bonchev–Trinajstić information content (AvgIpc) is 2.46. The molecule has 0 spiro atoms. The maximum Gasteiger partial charge on any atom is 0.145 e. The van der Waals surface area contributed by atoms with E-state index in [0.29, 0.717) is 0 Å². The molecule has 0 aliphatic carbocycles. The molecule has 0 amide bonds. The van der Waals surface area contributed by atoms with Gasteiger partial charge < -0.3 is 5.32 Å². The van der Waals surface area contributed by atoms with Gasteiger partial charge in [-0.1, -0.05) is 6.92 Å². The van der Waals surface area contributed by atoms with Gasteiger partial charge in [0.15, 0.2) is 0 Å². The maximum atomic E-state index is 4.41. The summed E-state index contributed by atoms with van der Waals surface area (Å²) in [5.41, 5.74) is 1.03. The zero-order valence-corrected chi connectivity index (χ0v) is 12.5. The van der Waals surface area contributed by atoms with Crippen molar-refractivity contribution in [3.63, 3.8) is 0 Å².